The molecule has 1 unspecified atom stereocenters. The Morgan fingerprint density at radius 1 is 0.552 bits per heavy atom. The van der Waals surface area contributed by atoms with Gasteiger partial charge in [0.05, 0.1) is 0 Å². The van der Waals surface area contributed by atoms with Crippen molar-refractivity contribution in [1.29, 1.82) is 0 Å². The summed E-state index contributed by atoms with van der Waals surface area (Å²) < 4.78 is 0. The van der Waals surface area contributed by atoms with E-state index >= 15 is 0 Å². The minimum atomic E-state index is 0.310. The Bertz CT molecular complexity index is 939. The smallest absolute Gasteiger partial charge is 0.0400 e. The van der Waals surface area contributed by atoms with E-state index in [1.54, 1.807) is 0 Å². The second-order valence-electron chi connectivity index (χ2n) is 8.32. The van der Waals surface area contributed by atoms with Gasteiger partial charge in [-0.1, -0.05) is 37.3 Å². The summed E-state index contributed by atoms with van der Waals surface area (Å²) >= 11 is 0. The van der Waals surface area contributed by atoms with Gasteiger partial charge in [0.25, 0.3) is 0 Å². The highest BCUT2D eigenvalue weighted by atomic mass is 15.1. The monoisotopic (exact) mass is 387 g/mol. The predicted octanol–water partition coefficient (Wildman–Crippen LogP) is 5.70. The molecular formula is C26H33N3. The molecule has 3 rings (SSSR count). The van der Waals surface area contributed by atoms with Gasteiger partial charge in [-0.05, 0) is 58.7 Å². The number of anilines is 3. The first-order valence-electron chi connectivity index (χ1n) is 10.1. The van der Waals surface area contributed by atoms with Gasteiger partial charge >= 0.3 is 0 Å². The van der Waals surface area contributed by atoms with Crippen LogP contribution < -0.4 is 14.7 Å². The third kappa shape index (κ3) is 4.56. The van der Waals surface area contributed by atoms with Crippen LogP contribution in [0.15, 0.2) is 66.7 Å². The second-order valence-corrected chi connectivity index (χ2v) is 8.32. The molecule has 3 aromatic rings. The van der Waals surface area contributed by atoms with Crippen LogP contribution in [-0.2, 0) is 0 Å². The van der Waals surface area contributed by atoms with Gasteiger partial charge in [-0.25, -0.2) is 0 Å². The zero-order valence-corrected chi connectivity index (χ0v) is 18.8. The molecule has 3 nitrogen and oxygen atoms in total. The van der Waals surface area contributed by atoms with Crippen LogP contribution in [0.3, 0.4) is 0 Å². The Kier molecular flexibility index (Phi) is 6.17. The first-order chi connectivity index (χ1) is 13.8. The van der Waals surface area contributed by atoms with Crippen LogP contribution in [0.1, 0.15) is 24.0 Å². The van der Waals surface area contributed by atoms with E-state index in [9.17, 15) is 0 Å². The molecule has 3 aromatic carbocycles. The first-order valence-corrected chi connectivity index (χ1v) is 10.1. The Morgan fingerprint density at radius 3 is 1.52 bits per heavy atom. The quantitative estimate of drug-likeness (QED) is 0.537. The van der Waals surface area contributed by atoms with Crippen molar-refractivity contribution in [2.75, 3.05) is 57.0 Å². The van der Waals surface area contributed by atoms with Crippen molar-refractivity contribution >= 4 is 17.1 Å². The van der Waals surface area contributed by atoms with Gasteiger partial charge in [0.15, 0.2) is 0 Å². The molecule has 0 aliphatic carbocycles. The molecule has 0 bridgehead atoms. The maximum Gasteiger partial charge on any atom is 0.0400 e. The lowest BCUT2D eigenvalue weighted by molar-refractivity contribution is 0.909. The Morgan fingerprint density at radius 2 is 1.03 bits per heavy atom. The van der Waals surface area contributed by atoms with Crippen LogP contribution >= 0.6 is 0 Å². The van der Waals surface area contributed by atoms with Gasteiger partial charge in [-0.15, -0.1) is 0 Å². The van der Waals surface area contributed by atoms with E-state index in [0.29, 0.717) is 5.92 Å². The Hall–Kier alpha value is -2.94. The fraction of sp³-hybridized carbons (Fsp3) is 0.308. The maximum absolute atomic E-state index is 2.35. The van der Waals surface area contributed by atoms with Crippen molar-refractivity contribution in [3.63, 3.8) is 0 Å². The summed E-state index contributed by atoms with van der Waals surface area (Å²) in [6.45, 7) is 2.30. The molecule has 152 valence electrons. The number of hydrogen-bond acceptors (Lipinski definition) is 3. The topological polar surface area (TPSA) is 9.72 Å². The van der Waals surface area contributed by atoms with E-state index in [1.165, 1.54) is 39.3 Å². The number of hydrogen-bond donors (Lipinski definition) is 0. The van der Waals surface area contributed by atoms with Gasteiger partial charge < -0.3 is 14.7 Å². The molecular weight excluding hydrogens is 354 g/mol. The highest BCUT2D eigenvalue weighted by molar-refractivity contribution is 5.71. The molecule has 0 aliphatic rings. The average Bonchev–Trinajstić information content (AvgIpc) is 2.72. The van der Waals surface area contributed by atoms with Crippen LogP contribution in [0.2, 0.25) is 0 Å². The van der Waals surface area contributed by atoms with Gasteiger partial charge in [0.1, 0.15) is 0 Å². The lowest BCUT2D eigenvalue weighted by Crippen LogP contribution is -2.13. The number of nitrogens with zero attached hydrogens (tertiary/aromatic N) is 3. The van der Waals surface area contributed by atoms with E-state index in [1.807, 2.05) is 0 Å². The van der Waals surface area contributed by atoms with Crippen LogP contribution in [0.5, 0.6) is 0 Å². The molecule has 0 aromatic heterocycles. The summed E-state index contributed by atoms with van der Waals surface area (Å²) in [5, 5.41) is 0. The summed E-state index contributed by atoms with van der Waals surface area (Å²) in [6, 6.07) is 24.5. The third-order valence-corrected chi connectivity index (χ3v) is 5.60. The molecule has 0 aliphatic heterocycles. The van der Waals surface area contributed by atoms with Crippen molar-refractivity contribution in [2.45, 2.75) is 12.8 Å². The summed E-state index contributed by atoms with van der Waals surface area (Å²) in [5.41, 5.74) is 8.89. The van der Waals surface area contributed by atoms with Crippen molar-refractivity contribution in [1.82, 2.24) is 0 Å². The van der Waals surface area contributed by atoms with Gasteiger partial charge in [0.2, 0.25) is 0 Å². The molecule has 1 atom stereocenters. The van der Waals surface area contributed by atoms with Crippen molar-refractivity contribution in [3.8, 4) is 11.1 Å². The summed E-state index contributed by atoms with van der Waals surface area (Å²) in [4.78, 5) is 6.47. The lowest BCUT2D eigenvalue weighted by atomic mass is 9.89. The van der Waals surface area contributed by atoms with Crippen molar-refractivity contribution in [3.05, 3.63) is 77.9 Å². The third-order valence-electron chi connectivity index (χ3n) is 5.60. The highest BCUT2D eigenvalue weighted by Gasteiger charge is 2.16. The maximum atomic E-state index is 2.35. The molecule has 0 fully saturated rings. The van der Waals surface area contributed by atoms with E-state index in [2.05, 4.69) is 131 Å². The molecule has 29 heavy (non-hydrogen) atoms. The number of rotatable bonds is 6. The van der Waals surface area contributed by atoms with Crippen LogP contribution in [0, 0.1) is 0 Å². The molecule has 0 saturated heterocycles. The van der Waals surface area contributed by atoms with E-state index < -0.39 is 0 Å². The van der Waals surface area contributed by atoms with Gasteiger partial charge in [0, 0.05) is 65.3 Å². The van der Waals surface area contributed by atoms with Crippen molar-refractivity contribution in [2.24, 2.45) is 0 Å². The SMILES string of the molecule is CC(c1ccc(N(C)C)cc1)c1cc(-c2ccc(N(C)C)cc2)ccc1N(C)C. The van der Waals surface area contributed by atoms with Crippen LogP contribution in [0.4, 0.5) is 17.1 Å². The van der Waals surface area contributed by atoms with Gasteiger partial charge in [-0.3, -0.25) is 0 Å². The highest BCUT2D eigenvalue weighted by Crippen LogP contribution is 2.36. The summed E-state index contributed by atoms with van der Waals surface area (Å²) in [5.74, 6) is 0.310. The Balaban J connectivity index is 2.00. The molecule has 3 heteroatoms. The molecule has 0 N–H and O–H groups in total. The zero-order chi connectivity index (χ0) is 21.1. The largest absolute Gasteiger partial charge is 0.378 e. The Labute approximate surface area is 176 Å². The van der Waals surface area contributed by atoms with E-state index in [-0.39, 0.29) is 0 Å². The lowest BCUT2D eigenvalue weighted by Gasteiger charge is -2.24. The predicted molar refractivity (Wildman–Crippen MR) is 129 cm³/mol. The molecule has 0 heterocycles. The molecule has 0 amide bonds. The molecule has 0 radical (unpaired) electrons. The van der Waals surface area contributed by atoms with Crippen LogP contribution in [0.25, 0.3) is 11.1 Å². The van der Waals surface area contributed by atoms with E-state index in [4.69, 9.17) is 0 Å². The minimum absolute atomic E-state index is 0.310. The average molecular weight is 388 g/mol. The molecule has 0 spiro atoms. The second kappa shape index (κ2) is 8.60. The first kappa shape index (κ1) is 20.8. The zero-order valence-electron chi connectivity index (χ0n) is 18.8. The standard InChI is InChI=1S/C26H33N3/c1-19(20-8-13-23(14-9-20)27(2)3)25-18-22(12-17-26(25)29(6)7)21-10-15-24(16-11-21)28(4)5/h8-19H,1-7H3. The normalized spacial score (nSPS) is 11.8. The van der Waals surface area contributed by atoms with Crippen molar-refractivity contribution < 1.29 is 0 Å². The summed E-state index contributed by atoms with van der Waals surface area (Å²) in [7, 11) is 12.5. The number of benzene rings is 3. The fourth-order valence-electron chi connectivity index (χ4n) is 3.68. The molecule has 0 saturated carbocycles. The van der Waals surface area contributed by atoms with Gasteiger partial charge in [-0.2, -0.15) is 0 Å². The van der Waals surface area contributed by atoms with E-state index in [0.717, 1.165) is 0 Å². The van der Waals surface area contributed by atoms with Crippen LogP contribution in [-0.4, -0.2) is 42.3 Å². The minimum Gasteiger partial charge on any atom is -0.378 e. The fourth-order valence-corrected chi connectivity index (χ4v) is 3.68. The summed E-state index contributed by atoms with van der Waals surface area (Å²) in [6.07, 6.45) is 0.